The summed E-state index contributed by atoms with van der Waals surface area (Å²) in [6.45, 7) is 1.01. The first-order valence-electron chi connectivity index (χ1n) is 8.48. The Morgan fingerprint density at radius 2 is 1.64 bits per heavy atom. The van der Waals surface area contributed by atoms with Crippen molar-refractivity contribution < 1.29 is 37.1 Å². The van der Waals surface area contributed by atoms with Crippen LogP contribution < -0.4 is 5.32 Å². The molecule has 152 valence electrons. The van der Waals surface area contributed by atoms with Crippen molar-refractivity contribution in [2.75, 3.05) is 13.2 Å². The lowest BCUT2D eigenvalue weighted by molar-refractivity contribution is -0.154. The van der Waals surface area contributed by atoms with Crippen LogP contribution in [-0.2, 0) is 14.3 Å². The van der Waals surface area contributed by atoms with Gasteiger partial charge in [-0.2, -0.15) is 13.2 Å². The maximum absolute atomic E-state index is 12.6. The van der Waals surface area contributed by atoms with Crippen LogP contribution in [0.4, 0.5) is 13.2 Å². The van der Waals surface area contributed by atoms with Gasteiger partial charge in [0.2, 0.25) is 0 Å². The minimum atomic E-state index is -4.60. The number of imide groups is 1. The molecule has 0 bridgehead atoms. The number of hydrogen-bond donors (Lipinski definition) is 1. The van der Waals surface area contributed by atoms with E-state index < -0.39 is 49.1 Å². The van der Waals surface area contributed by atoms with Gasteiger partial charge >= 0.3 is 12.1 Å². The summed E-state index contributed by atoms with van der Waals surface area (Å²) in [5.74, 6) is -3.61. The molecule has 0 fully saturated rings. The SMILES string of the molecule is CC(C)CC(C(=O)OCC(=O)NCC(F)(F)F)N1C(=O)c2ccccc2C1=O. The summed E-state index contributed by atoms with van der Waals surface area (Å²) >= 11 is 0. The summed E-state index contributed by atoms with van der Waals surface area (Å²) in [6, 6.07) is 4.78. The number of carbonyl (C=O) groups excluding carboxylic acids is 4. The number of halogens is 3. The van der Waals surface area contributed by atoms with E-state index in [4.69, 9.17) is 4.74 Å². The van der Waals surface area contributed by atoms with E-state index in [-0.39, 0.29) is 23.5 Å². The van der Waals surface area contributed by atoms with Crippen molar-refractivity contribution in [2.24, 2.45) is 5.92 Å². The fourth-order valence-corrected chi connectivity index (χ4v) is 2.73. The minimum Gasteiger partial charge on any atom is -0.454 e. The summed E-state index contributed by atoms with van der Waals surface area (Å²) in [5.41, 5.74) is 0.300. The number of alkyl halides is 3. The maximum Gasteiger partial charge on any atom is 0.405 e. The average Bonchev–Trinajstić information content (AvgIpc) is 2.86. The van der Waals surface area contributed by atoms with Gasteiger partial charge in [-0.25, -0.2) is 4.79 Å². The number of esters is 1. The van der Waals surface area contributed by atoms with Crippen LogP contribution in [0.15, 0.2) is 24.3 Å². The lowest BCUT2D eigenvalue weighted by Gasteiger charge is -2.25. The van der Waals surface area contributed by atoms with Gasteiger partial charge in [0.1, 0.15) is 12.6 Å². The molecule has 0 radical (unpaired) electrons. The van der Waals surface area contributed by atoms with E-state index in [9.17, 15) is 32.3 Å². The predicted octanol–water partition coefficient (Wildman–Crippen LogP) is 1.92. The zero-order valence-corrected chi connectivity index (χ0v) is 15.2. The van der Waals surface area contributed by atoms with E-state index in [1.807, 2.05) is 0 Å². The van der Waals surface area contributed by atoms with Gasteiger partial charge in [0, 0.05) is 0 Å². The van der Waals surface area contributed by atoms with Gasteiger partial charge in [0.15, 0.2) is 6.61 Å². The second-order valence-electron chi connectivity index (χ2n) is 6.67. The third kappa shape index (κ3) is 5.08. The Bertz CT molecular complexity index is 757. The molecular weight excluding hydrogens is 381 g/mol. The van der Waals surface area contributed by atoms with E-state index in [0.29, 0.717) is 0 Å². The highest BCUT2D eigenvalue weighted by molar-refractivity contribution is 6.22. The molecule has 1 aromatic rings. The predicted molar refractivity (Wildman–Crippen MR) is 90.2 cm³/mol. The van der Waals surface area contributed by atoms with Crippen LogP contribution in [0, 0.1) is 5.92 Å². The zero-order chi connectivity index (χ0) is 21.1. The topological polar surface area (TPSA) is 92.8 Å². The molecule has 0 saturated carbocycles. The van der Waals surface area contributed by atoms with Gasteiger partial charge in [0.05, 0.1) is 11.1 Å². The van der Waals surface area contributed by atoms with E-state index >= 15 is 0 Å². The Morgan fingerprint density at radius 1 is 1.11 bits per heavy atom. The molecule has 1 atom stereocenters. The van der Waals surface area contributed by atoms with E-state index in [1.165, 1.54) is 12.1 Å². The number of nitrogens with one attached hydrogen (secondary N) is 1. The fourth-order valence-electron chi connectivity index (χ4n) is 2.73. The number of amides is 3. The van der Waals surface area contributed by atoms with Gasteiger partial charge < -0.3 is 10.1 Å². The number of nitrogens with zero attached hydrogens (tertiary/aromatic N) is 1. The minimum absolute atomic E-state index is 0.0778. The number of benzene rings is 1. The zero-order valence-electron chi connectivity index (χ0n) is 15.2. The number of ether oxygens (including phenoxy) is 1. The molecule has 1 unspecified atom stereocenters. The number of rotatable bonds is 7. The van der Waals surface area contributed by atoms with Crippen molar-refractivity contribution in [1.29, 1.82) is 0 Å². The molecule has 7 nitrogen and oxygen atoms in total. The number of carbonyl (C=O) groups is 4. The van der Waals surface area contributed by atoms with Crippen LogP contribution in [0.3, 0.4) is 0 Å². The van der Waals surface area contributed by atoms with Crippen molar-refractivity contribution >= 4 is 23.7 Å². The molecular formula is C18H19F3N2O5. The van der Waals surface area contributed by atoms with E-state index in [0.717, 1.165) is 4.90 Å². The molecule has 10 heteroatoms. The average molecular weight is 400 g/mol. The van der Waals surface area contributed by atoms with Crippen molar-refractivity contribution in [3.8, 4) is 0 Å². The summed E-state index contributed by atoms with van der Waals surface area (Å²) in [7, 11) is 0. The quantitative estimate of drug-likeness (QED) is 0.558. The highest BCUT2D eigenvalue weighted by Crippen LogP contribution is 2.27. The summed E-state index contributed by atoms with van der Waals surface area (Å²) < 4.78 is 41.1. The lowest BCUT2D eigenvalue weighted by Crippen LogP contribution is -2.47. The second kappa shape index (κ2) is 8.41. The van der Waals surface area contributed by atoms with Crippen molar-refractivity contribution in [1.82, 2.24) is 10.2 Å². The first-order valence-corrected chi connectivity index (χ1v) is 8.48. The molecule has 1 heterocycles. The molecule has 0 aliphatic carbocycles. The standard InChI is InChI=1S/C18H19F3N2O5/c1-10(2)7-13(17(27)28-8-14(24)22-9-18(19,20)21)23-15(25)11-5-3-4-6-12(11)16(23)26/h3-6,10,13H,7-9H2,1-2H3,(H,22,24). The summed E-state index contributed by atoms with van der Waals surface area (Å²) in [6.07, 6.45) is -4.52. The summed E-state index contributed by atoms with van der Waals surface area (Å²) in [4.78, 5) is 49.8. The van der Waals surface area contributed by atoms with Crippen LogP contribution in [0.1, 0.15) is 41.0 Å². The second-order valence-corrected chi connectivity index (χ2v) is 6.67. The third-order valence-corrected chi connectivity index (χ3v) is 3.94. The highest BCUT2D eigenvalue weighted by atomic mass is 19.4. The monoisotopic (exact) mass is 400 g/mol. The van der Waals surface area contributed by atoms with Gasteiger partial charge in [-0.05, 0) is 24.5 Å². The van der Waals surface area contributed by atoms with Crippen LogP contribution >= 0.6 is 0 Å². The van der Waals surface area contributed by atoms with Crippen molar-refractivity contribution in [3.05, 3.63) is 35.4 Å². The van der Waals surface area contributed by atoms with Gasteiger partial charge in [-0.3, -0.25) is 19.3 Å². The summed E-state index contributed by atoms with van der Waals surface area (Å²) in [5, 5.41) is 1.57. The Balaban J connectivity index is 2.10. The van der Waals surface area contributed by atoms with Crippen molar-refractivity contribution in [2.45, 2.75) is 32.5 Å². The largest absolute Gasteiger partial charge is 0.454 e. The first-order chi connectivity index (χ1) is 13.0. The van der Waals surface area contributed by atoms with E-state index in [2.05, 4.69) is 0 Å². The van der Waals surface area contributed by atoms with Crippen LogP contribution in [0.5, 0.6) is 0 Å². The molecule has 0 saturated heterocycles. The molecule has 1 aromatic carbocycles. The molecule has 28 heavy (non-hydrogen) atoms. The van der Waals surface area contributed by atoms with Crippen LogP contribution in [0.25, 0.3) is 0 Å². The molecule has 3 amide bonds. The Labute approximate surface area is 158 Å². The molecule has 0 spiro atoms. The lowest BCUT2D eigenvalue weighted by atomic mass is 10.0. The first kappa shape index (κ1) is 21.4. The third-order valence-electron chi connectivity index (χ3n) is 3.94. The smallest absolute Gasteiger partial charge is 0.405 e. The van der Waals surface area contributed by atoms with Gasteiger partial charge in [0.25, 0.3) is 17.7 Å². The molecule has 1 aliphatic rings. The number of hydrogen-bond acceptors (Lipinski definition) is 5. The molecule has 2 rings (SSSR count). The van der Waals surface area contributed by atoms with E-state index in [1.54, 1.807) is 31.3 Å². The maximum atomic E-state index is 12.6. The molecule has 1 aliphatic heterocycles. The van der Waals surface area contributed by atoms with Gasteiger partial charge in [-0.15, -0.1) is 0 Å². The number of fused-ring (bicyclic) bond motifs is 1. The Kier molecular flexibility index (Phi) is 6.42. The molecule has 0 aromatic heterocycles. The Hall–Kier alpha value is -2.91. The van der Waals surface area contributed by atoms with Crippen molar-refractivity contribution in [3.63, 3.8) is 0 Å². The van der Waals surface area contributed by atoms with Gasteiger partial charge in [-0.1, -0.05) is 26.0 Å². The van der Waals surface area contributed by atoms with Crippen LogP contribution in [-0.4, -0.2) is 54.0 Å². The normalized spacial score (nSPS) is 14.9. The Morgan fingerprint density at radius 3 is 2.11 bits per heavy atom. The molecule has 1 N–H and O–H groups in total. The highest BCUT2D eigenvalue weighted by Gasteiger charge is 2.43. The van der Waals surface area contributed by atoms with Crippen LogP contribution in [0.2, 0.25) is 0 Å². The fraction of sp³-hybridized carbons (Fsp3) is 0.444.